The number of aliphatic hydroxyl groups excluding tert-OH is 1. The molecule has 2 aromatic heterocycles. The van der Waals surface area contributed by atoms with Gasteiger partial charge in [0.05, 0.1) is 62.1 Å². The Labute approximate surface area is 446 Å². The molecule has 432 valence electrons. The van der Waals surface area contributed by atoms with Crippen LogP contribution < -0.4 is 31.9 Å². The number of alkyl halides is 8. The van der Waals surface area contributed by atoms with E-state index in [1.165, 1.54) is 48.8 Å². The Hall–Kier alpha value is -6.94. The number of nitrogens with two attached hydrogens (primary N) is 1. The Kier molecular flexibility index (Phi) is 18.0. The summed E-state index contributed by atoms with van der Waals surface area (Å²) in [6.07, 6.45) is -14.8. The molecule has 3 fully saturated rings. The number of pyridine rings is 1. The summed E-state index contributed by atoms with van der Waals surface area (Å²) < 4.78 is 162. The Balaban J connectivity index is 1.22. The van der Waals surface area contributed by atoms with Crippen molar-refractivity contribution >= 4 is 35.5 Å². The lowest BCUT2D eigenvalue weighted by molar-refractivity contribution is -0.226. The van der Waals surface area contributed by atoms with E-state index >= 15 is 22.0 Å². The minimum Gasteiger partial charge on any atom is -0.453 e. The number of alkyl carbamates (subject to hydrolysis) is 2. The summed E-state index contributed by atoms with van der Waals surface area (Å²) in [6, 6.07) is 4.26. The molecule has 0 aliphatic carbocycles. The molecule has 7 N–H and O–H groups in total. The minimum absolute atomic E-state index is 0.0228. The van der Waals surface area contributed by atoms with Gasteiger partial charge in [-0.3, -0.25) is 19.2 Å². The second-order valence-corrected chi connectivity index (χ2v) is 20.6. The molecule has 0 saturated carbocycles. The van der Waals surface area contributed by atoms with Gasteiger partial charge in [-0.05, 0) is 87.4 Å². The van der Waals surface area contributed by atoms with Crippen molar-refractivity contribution in [2.45, 2.75) is 114 Å². The highest BCUT2D eigenvalue weighted by atomic mass is 19.4. The number of carbonyl (C=O) groups is 4. The second-order valence-electron chi connectivity index (χ2n) is 20.6. The first kappa shape index (κ1) is 59.7. The van der Waals surface area contributed by atoms with Crippen molar-refractivity contribution in [3.63, 3.8) is 0 Å². The Morgan fingerprint density at radius 3 is 1.94 bits per heavy atom. The molecule has 7 rings (SSSR count). The number of halogens is 10. The quantitative estimate of drug-likeness (QED) is 0.0502. The first-order valence-corrected chi connectivity index (χ1v) is 24.9. The third kappa shape index (κ3) is 13.2. The van der Waals surface area contributed by atoms with Crippen LogP contribution in [0.2, 0.25) is 0 Å². The molecule has 4 unspecified atom stereocenters. The monoisotopic (exact) mass is 1130 g/mol. The number of rotatable bonds is 21. The molecule has 79 heavy (non-hydrogen) atoms. The zero-order valence-electron chi connectivity index (χ0n) is 43.4. The van der Waals surface area contributed by atoms with E-state index in [0.717, 1.165) is 50.8 Å². The summed E-state index contributed by atoms with van der Waals surface area (Å²) in [5, 5.41) is 24.1. The van der Waals surface area contributed by atoms with Crippen LogP contribution in [0.1, 0.15) is 44.7 Å². The highest BCUT2D eigenvalue weighted by molar-refractivity contribution is 5.87. The molecule has 18 nitrogen and oxygen atoms in total. The van der Waals surface area contributed by atoms with Crippen molar-refractivity contribution in [1.82, 2.24) is 35.6 Å². The van der Waals surface area contributed by atoms with Gasteiger partial charge in [0, 0.05) is 55.2 Å². The van der Waals surface area contributed by atoms with Crippen LogP contribution in [-0.4, -0.2) is 157 Å². The molecule has 2 bridgehead atoms. The first-order chi connectivity index (χ1) is 37.0. The average Bonchev–Trinajstić information content (AvgIpc) is 3.96. The number of hydrogen-bond donors (Lipinski definition) is 6. The Morgan fingerprint density at radius 1 is 0.823 bits per heavy atom. The molecule has 4 amide bonds. The number of aromatic nitrogens is 3. The lowest BCUT2D eigenvalue weighted by Crippen LogP contribution is -2.62. The highest BCUT2D eigenvalue weighted by Gasteiger charge is 2.59. The van der Waals surface area contributed by atoms with E-state index in [0.29, 0.717) is 46.0 Å². The molecule has 2 aromatic carbocycles. The number of hydrogen-bond acceptors (Lipinski definition) is 13. The lowest BCUT2D eigenvalue weighted by Gasteiger charge is -2.48. The maximum Gasteiger partial charge on any atom is 0.407 e. The average molecular weight is 1130 g/mol. The summed E-state index contributed by atoms with van der Waals surface area (Å²) in [5.41, 5.74) is -0.846. The number of carbonyl (C=O) groups excluding carboxylic acids is 4. The smallest absolute Gasteiger partial charge is 0.407 e. The van der Waals surface area contributed by atoms with Gasteiger partial charge in [0.15, 0.2) is 0 Å². The van der Waals surface area contributed by atoms with E-state index < -0.39 is 121 Å². The van der Waals surface area contributed by atoms with Crippen LogP contribution >= 0.6 is 0 Å². The maximum atomic E-state index is 15.5. The van der Waals surface area contributed by atoms with Gasteiger partial charge >= 0.3 is 24.5 Å². The maximum absolute atomic E-state index is 15.5. The number of nitrogens with one attached hydrogen (secondary N) is 4. The van der Waals surface area contributed by atoms with E-state index in [4.69, 9.17) is 15.5 Å². The van der Waals surface area contributed by atoms with Crippen molar-refractivity contribution in [1.29, 1.82) is 0 Å². The molecule has 3 aliphatic heterocycles. The summed E-state index contributed by atoms with van der Waals surface area (Å²) in [7, 11) is 1.74. The number of nitrogens with zero attached hydrogens (tertiary/aromatic N) is 5. The predicted octanol–water partition coefficient (Wildman–Crippen LogP) is 6.34. The van der Waals surface area contributed by atoms with Crippen LogP contribution in [0.3, 0.4) is 0 Å². The number of fused-ring (bicyclic) bond motifs is 2. The number of aliphatic hydroxyl groups is 1. The molecule has 5 heterocycles. The number of anilines is 2. The normalized spacial score (nSPS) is 19.4. The van der Waals surface area contributed by atoms with Crippen LogP contribution in [0.25, 0.3) is 22.4 Å². The summed E-state index contributed by atoms with van der Waals surface area (Å²) >= 11 is 0. The molecular weight excluding hydrogens is 1070 g/mol. The van der Waals surface area contributed by atoms with Crippen molar-refractivity contribution in [2.75, 3.05) is 57.3 Å². The zero-order valence-corrected chi connectivity index (χ0v) is 43.4. The third-order valence-corrected chi connectivity index (χ3v) is 14.9. The van der Waals surface area contributed by atoms with E-state index in [1.54, 1.807) is 0 Å². The minimum atomic E-state index is -5.18. The van der Waals surface area contributed by atoms with Crippen molar-refractivity contribution < 1.29 is 82.4 Å². The van der Waals surface area contributed by atoms with E-state index in [9.17, 15) is 46.2 Å². The van der Waals surface area contributed by atoms with Crippen molar-refractivity contribution in [3.8, 4) is 22.4 Å². The second kappa shape index (κ2) is 23.8. The van der Waals surface area contributed by atoms with E-state index in [2.05, 4.69) is 30.1 Å². The van der Waals surface area contributed by atoms with Gasteiger partial charge in [0.2, 0.25) is 11.8 Å². The molecular formula is C51H60F10N10O8. The topological polar surface area (TPSA) is 228 Å². The third-order valence-electron chi connectivity index (χ3n) is 14.9. The summed E-state index contributed by atoms with van der Waals surface area (Å²) in [4.78, 5) is 60.5. The van der Waals surface area contributed by atoms with E-state index in [1.807, 2.05) is 15.5 Å². The molecule has 4 aromatic rings. The number of primary amides is 1. The number of ether oxygens (including phenoxy) is 3. The van der Waals surface area contributed by atoms with Gasteiger partial charge in [-0.15, -0.1) is 0 Å². The fraction of sp³-hybridized carbons (Fsp3) is 0.529. The molecule has 0 radical (unpaired) electrons. The number of piperazine rings is 1. The molecule has 0 spiro atoms. The van der Waals surface area contributed by atoms with Gasteiger partial charge in [-0.25, -0.2) is 32.1 Å². The number of benzene rings is 2. The van der Waals surface area contributed by atoms with Gasteiger partial charge in [0.25, 0.3) is 6.43 Å². The number of methoxy groups -OCH3 is 2. The van der Waals surface area contributed by atoms with Crippen molar-refractivity contribution in [3.05, 3.63) is 83.7 Å². The Morgan fingerprint density at radius 2 is 1.42 bits per heavy atom. The van der Waals surface area contributed by atoms with Crippen molar-refractivity contribution in [2.24, 2.45) is 16.6 Å². The van der Waals surface area contributed by atoms with Crippen LogP contribution in [0.4, 0.5) is 65.0 Å². The molecule has 3 aliphatic rings. The highest BCUT2D eigenvalue weighted by Crippen LogP contribution is 2.46. The predicted molar refractivity (Wildman–Crippen MR) is 264 cm³/mol. The SMILES string of the molecule is COC(=O)N[C@H](C(=O)NC(Cc1ccc(-c2cnc(N3CC4CCC(C3)N4C3COC3)cc2CC(C)([C@H](NC(=O)OC)C(N)=O)C(F)(F)F)cc1)[C@@H](O)CNc1c(F)cc(-c2ccn(CC(F)F)n2)cc1F)C(C)(C)C(F)(F)F. The Bertz CT molecular complexity index is 2800. The first-order valence-electron chi connectivity index (χ1n) is 24.9. The van der Waals surface area contributed by atoms with Crippen LogP contribution in [0, 0.1) is 22.5 Å². The van der Waals surface area contributed by atoms with Crippen LogP contribution in [0.5, 0.6) is 0 Å². The zero-order chi connectivity index (χ0) is 57.9. The van der Waals surface area contributed by atoms with Gasteiger partial charge in [-0.1, -0.05) is 24.3 Å². The van der Waals surface area contributed by atoms with Crippen LogP contribution in [0.15, 0.2) is 60.9 Å². The van der Waals surface area contributed by atoms with Gasteiger partial charge in [0.1, 0.15) is 41.8 Å². The van der Waals surface area contributed by atoms with E-state index in [-0.39, 0.29) is 51.6 Å². The molecule has 3 saturated heterocycles. The summed E-state index contributed by atoms with van der Waals surface area (Å²) in [6.45, 7) is 2.60. The lowest BCUT2D eigenvalue weighted by atomic mass is 9.74. The van der Waals surface area contributed by atoms with Gasteiger partial charge in [-0.2, -0.15) is 31.4 Å². The summed E-state index contributed by atoms with van der Waals surface area (Å²) in [5.74, 6) is -5.09. The number of amides is 4. The largest absolute Gasteiger partial charge is 0.453 e. The molecule has 7 atom stereocenters. The fourth-order valence-electron chi connectivity index (χ4n) is 10.2. The standard InChI is InChI=1S/C51H60F10N10O8/c1-48(2,50(56,57)58)43(67-47(76)78-5)45(74)65-37(38(72)20-64-41-34(52)15-28(16-35(41)53)36-12-13-70(68-36)23-39(54)55)14-26-6-8-27(9-7-26)33-19-63-40(69-21-30-10-11-31(22-69)71(30)32-24-79-25-32)17-29(33)18-49(3,51(59,60)61)42(44(62)73)66-46(75)77-4/h6-9,12-13,15-17,19,30-32,37-39,42-43,64,72H,10-11,14,18,20-25H2,1-5H3,(H2,62,73)(H,65,74)(H,66,75)(H,67,76)/t30?,31?,37?,38-,42+,43+,49?/m0/s1. The fourth-order valence-corrected chi connectivity index (χ4v) is 10.2. The molecule has 28 heteroatoms. The van der Waals surface area contributed by atoms with Crippen LogP contribution in [-0.2, 0) is 43.2 Å². The van der Waals surface area contributed by atoms with Gasteiger partial charge < -0.3 is 51.2 Å².